The fourth-order valence-electron chi connectivity index (χ4n) is 2.76. The number of ether oxygens (including phenoxy) is 1. The smallest absolute Gasteiger partial charge is 0.191 e. The Morgan fingerprint density at radius 3 is 2.44 bits per heavy atom. The van der Waals surface area contributed by atoms with Crippen molar-refractivity contribution in [3.05, 3.63) is 83.9 Å². The SMILES string of the molecule is CN=C(NCc1ccc(OC)cc1)NCc1cccc(Cn2ccnc2)c1. The van der Waals surface area contributed by atoms with Crippen molar-refractivity contribution in [2.24, 2.45) is 4.99 Å². The lowest BCUT2D eigenvalue weighted by atomic mass is 10.1. The molecule has 0 amide bonds. The lowest BCUT2D eigenvalue weighted by Gasteiger charge is -2.13. The maximum atomic E-state index is 5.18. The summed E-state index contributed by atoms with van der Waals surface area (Å²) in [4.78, 5) is 8.38. The molecule has 6 nitrogen and oxygen atoms in total. The van der Waals surface area contributed by atoms with Gasteiger partial charge in [0.15, 0.2) is 5.96 Å². The Kier molecular flexibility index (Phi) is 6.46. The van der Waals surface area contributed by atoms with Gasteiger partial charge in [-0.05, 0) is 28.8 Å². The van der Waals surface area contributed by atoms with Gasteiger partial charge in [0, 0.05) is 39.1 Å². The van der Waals surface area contributed by atoms with Gasteiger partial charge in [-0.25, -0.2) is 4.98 Å². The number of aliphatic imine (C=N–C) groups is 1. The second-order valence-corrected chi connectivity index (χ2v) is 6.18. The van der Waals surface area contributed by atoms with Crippen LogP contribution in [0.4, 0.5) is 0 Å². The van der Waals surface area contributed by atoms with E-state index in [-0.39, 0.29) is 0 Å². The summed E-state index contributed by atoms with van der Waals surface area (Å²) < 4.78 is 7.24. The van der Waals surface area contributed by atoms with E-state index in [4.69, 9.17) is 4.74 Å². The van der Waals surface area contributed by atoms with E-state index < -0.39 is 0 Å². The normalized spacial score (nSPS) is 11.3. The Bertz CT molecular complexity index is 857. The van der Waals surface area contributed by atoms with Crippen molar-refractivity contribution in [2.45, 2.75) is 19.6 Å². The van der Waals surface area contributed by atoms with Crippen molar-refractivity contribution in [1.29, 1.82) is 0 Å². The zero-order chi connectivity index (χ0) is 18.9. The van der Waals surface area contributed by atoms with Gasteiger partial charge in [-0.2, -0.15) is 0 Å². The standard InChI is InChI=1S/C21H25N5O/c1-22-21(24-13-17-6-8-20(27-2)9-7-17)25-14-18-4-3-5-19(12-18)15-26-11-10-23-16-26/h3-12,16H,13-15H2,1-2H3,(H2,22,24,25). The summed E-state index contributed by atoms with van der Waals surface area (Å²) in [6.07, 6.45) is 5.59. The number of rotatable bonds is 7. The van der Waals surface area contributed by atoms with E-state index in [2.05, 4.69) is 49.4 Å². The number of hydrogen-bond acceptors (Lipinski definition) is 3. The van der Waals surface area contributed by atoms with Crippen molar-refractivity contribution in [2.75, 3.05) is 14.2 Å². The third-order valence-corrected chi connectivity index (χ3v) is 4.22. The summed E-state index contributed by atoms with van der Waals surface area (Å²) in [6.45, 7) is 2.22. The van der Waals surface area contributed by atoms with Crippen LogP contribution in [-0.4, -0.2) is 29.7 Å². The molecule has 0 unspecified atom stereocenters. The van der Waals surface area contributed by atoms with E-state index in [1.807, 2.05) is 36.8 Å². The highest BCUT2D eigenvalue weighted by Gasteiger charge is 2.01. The Morgan fingerprint density at radius 1 is 1.04 bits per heavy atom. The average Bonchev–Trinajstić information content (AvgIpc) is 3.22. The predicted octanol–water partition coefficient (Wildman–Crippen LogP) is 2.81. The van der Waals surface area contributed by atoms with Gasteiger partial charge in [0.2, 0.25) is 0 Å². The van der Waals surface area contributed by atoms with Crippen LogP contribution >= 0.6 is 0 Å². The van der Waals surface area contributed by atoms with Crippen molar-refractivity contribution >= 4 is 5.96 Å². The molecule has 0 fully saturated rings. The van der Waals surface area contributed by atoms with Gasteiger partial charge in [0.05, 0.1) is 13.4 Å². The van der Waals surface area contributed by atoms with Crippen LogP contribution in [0.2, 0.25) is 0 Å². The third kappa shape index (κ3) is 5.60. The van der Waals surface area contributed by atoms with Crippen LogP contribution in [0.3, 0.4) is 0 Å². The second kappa shape index (κ2) is 9.43. The number of benzene rings is 2. The highest BCUT2D eigenvalue weighted by Crippen LogP contribution is 2.11. The summed E-state index contributed by atoms with van der Waals surface area (Å²) in [6, 6.07) is 16.5. The molecule has 2 aromatic carbocycles. The molecule has 1 heterocycles. The fourth-order valence-corrected chi connectivity index (χ4v) is 2.76. The molecule has 0 spiro atoms. The minimum absolute atomic E-state index is 0.699. The molecule has 0 aliphatic heterocycles. The second-order valence-electron chi connectivity index (χ2n) is 6.18. The van der Waals surface area contributed by atoms with Crippen LogP contribution in [0.1, 0.15) is 16.7 Å². The van der Waals surface area contributed by atoms with E-state index >= 15 is 0 Å². The maximum absolute atomic E-state index is 5.18. The monoisotopic (exact) mass is 363 g/mol. The first kappa shape index (κ1) is 18.5. The zero-order valence-corrected chi connectivity index (χ0v) is 15.7. The number of hydrogen-bond donors (Lipinski definition) is 2. The molecule has 3 rings (SSSR count). The van der Waals surface area contributed by atoms with Crippen molar-refractivity contribution in [3.8, 4) is 5.75 Å². The maximum Gasteiger partial charge on any atom is 0.191 e. The van der Waals surface area contributed by atoms with Gasteiger partial charge >= 0.3 is 0 Å². The van der Waals surface area contributed by atoms with E-state index in [1.54, 1.807) is 20.4 Å². The lowest BCUT2D eigenvalue weighted by molar-refractivity contribution is 0.414. The molecule has 0 saturated carbocycles. The number of guanidine groups is 1. The predicted molar refractivity (Wildman–Crippen MR) is 108 cm³/mol. The molecule has 0 bridgehead atoms. The van der Waals surface area contributed by atoms with Crippen molar-refractivity contribution < 1.29 is 4.74 Å². The summed E-state index contributed by atoms with van der Waals surface area (Å²) in [7, 11) is 3.45. The summed E-state index contributed by atoms with van der Waals surface area (Å²) in [5.41, 5.74) is 3.62. The Labute approximate surface area is 159 Å². The molecule has 0 aliphatic rings. The largest absolute Gasteiger partial charge is 0.497 e. The molecular formula is C21H25N5O. The molecule has 0 radical (unpaired) electrons. The molecular weight excluding hydrogens is 338 g/mol. The Hall–Kier alpha value is -3.28. The zero-order valence-electron chi connectivity index (χ0n) is 15.7. The van der Waals surface area contributed by atoms with Crippen LogP contribution in [-0.2, 0) is 19.6 Å². The average molecular weight is 363 g/mol. The topological polar surface area (TPSA) is 63.5 Å². The summed E-state index contributed by atoms with van der Waals surface area (Å²) in [5, 5.41) is 6.69. The van der Waals surface area contributed by atoms with Gasteiger partial charge in [0.25, 0.3) is 0 Å². The van der Waals surface area contributed by atoms with Crippen LogP contribution in [0, 0.1) is 0 Å². The first-order valence-corrected chi connectivity index (χ1v) is 8.88. The van der Waals surface area contributed by atoms with Gasteiger partial charge in [0.1, 0.15) is 5.75 Å². The van der Waals surface area contributed by atoms with Crippen LogP contribution in [0.5, 0.6) is 5.75 Å². The minimum Gasteiger partial charge on any atom is -0.497 e. The molecule has 27 heavy (non-hydrogen) atoms. The number of nitrogens with zero attached hydrogens (tertiary/aromatic N) is 3. The molecule has 0 aliphatic carbocycles. The van der Waals surface area contributed by atoms with Gasteiger partial charge < -0.3 is 19.9 Å². The van der Waals surface area contributed by atoms with Crippen LogP contribution in [0.15, 0.2) is 72.2 Å². The minimum atomic E-state index is 0.699. The summed E-state index contributed by atoms with van der Waals surface area (Å²) >= 11 is 0. The quantitative estimate of drug-likeness (QED) is 0.500. The molecule has 2 N–H and O–H groups in total. The number of imidazole rings is 1. The van der Waals surface area contributed by atoms with Gasteiger partial charge in [-0.1, -0.05) is 36.4 Å². The molecule has 1 aromatic heterocycles. The van der Waals surface area contributed by atoms with Crippen molar-refractivity contribution in [1.82, 2.24) is 20.2 Å². The van der Waals surface area contributed by atoms with E-state index in [1.165, 1.54) is 16.7 Å². The highest BCUT2D eigenvalue weighted by atomic mass is 16.5. The Morgan fingerprint density at radius 2 is 1.78 bits per heavy atom. The van der Waals surface area contributed by atoms with E-state index in [0.717, 1.165) is 18.3 Å². The number of aromatic nitrogens is 2. The van der Waals surface area contributed by atoms with Gasteiger partial charge in [-0.15, -0.1) is 0 Å². The Balaban J connectivity index is 1.51. The van der Waals surface area contributed by atoms with Crippen molar-refractivity contribution in [3.63, 3.8) is 0 Å². The van der Waals surface area contributed by atoms with E-state index in [0.29, 0.717) is 13.1 Å². The van der Waals surface area contributed by atoms with E-state index in [9.17, 15) is 0 Å². The number of nitrogens with one attached hydrogen (secondary N) is 2. The third-order valence-electron chi connectivity index (χ3n) is 4.22. The first-order valence-electron chi connectivity index (χ1n) is 8.88. The number of methoxy groups -OCH3 is 1. The molecule has 0 atom stereocenters. The molecule has 6 heteroatoms. The summed E-state index contributed by atoms with van der Waals surface area (Å²) in [5.74, 6) is 1.63. The first-order chi connectivity index (χ1) is 13.3. The highest BCUT2D eigenvalue weighted by molar-refractivity contribution is 5.79. The lowest BCUT2D eigenvalue weighted by Crippen LogP contribution is -2.36. The molecule has 140 valence electrons. The molecule has 3 aromatic rings. The van der Waals surface area contributed by atoms with Crippen LogP contribution < -0.4 is 15.4 Å². The van der Waals surface area contributed by atoms with Crippen LogP contribution in [0.25, 0.3) is 0 Å². The van der Waals surface area contributed by atoms with Gasteiger partial charge in [-0.3, -0.25) is 4.99 Å². The fraction of sp³-hybridized carbons (Fsp3) is 0.238. The molecule has 0 saturated heterocycles.